The lowest BCUT2D eigenvalue weighted by Gasteiger charge is -2.31. The van der Waals surface area contributed by atoms with Crippen molar-refractivity contribution in [3.63, 3.8) is 0 Å². The standard InChI is InChI=1S/C18H19N5O2/c1-23(10-11-5-19-6-11)18(25)14-8-20-16(21-9-14)12-2-3-15-13(4-12)7-22-17(15)24/h2-4,8-9,11,19H,5-7,10H2,1H3,(H,22,24). The zero-order valence-electron chi connectivity index (χ0n) is 14.0. The van der Waals surface area contributed by atoms with Crippen molar-refractivity contribution in [3.05, 3.63) is 47.3 Å². The zero-order chi connectivity index (χ0) is 17.4. The van der Waals surface area contributed by atoms with E-state index in [1.54, 1.807) is 30.4 Å². The van der Waals surface area contributed by atoms with Gasteiger partial charge in [-0.1, -0.05) is 6.07 Å². The van der Waals surface area contributed by atoms with Crippen LogP contribution in [0.3, 0.4) is 0 Å². The molecule has 0 radical (unpaired) electrons. The summed E-state index contributed by atoms with van der Waals surface area (Å²) in [7, 11) is 1.80. The predicted octanol–water partition coefficient (Wildman–Crippen LogP) is 0.678. The third-order valence-electron chi connectivity index (χ3n) is 4.69. The molecule has 128 valence electrons. The molecule has 2 aliphatic heterocycles. The number of amides is 2. The topological polar surface area (TPSA) is 87.2 Å². The van der Waals surface area contributed by atoms with Crippen LogP contribution >= 0.6 is 0 Å². The summed E-state index contributed by atoms with van der Waals surface area (Å²) in [4.78, 5) is 34.4. The fourth-order valence-electron chi connectivity index (χ4n) is 3.13. The van der Waals surface area contributed by atoms with Crippen molar-refractivity contribution in [3.8, 4) is 11.4 Å². The Morgan fingerprint density at radius 1 is 1.28 bits per heavy atom. The highest BCUT2D eigenvalue weighted by atomic mass is 16.2. The molecule has 4 rings (SSSR count). The van der Waals surface area contributed by atoms with Gasteiger partial charge >= 0.3 is 0 Å². The highest BCUT2D eigenvalue weighted by Crippen LogP contribution is 2.22. The van der Waals surface area contributed by atoms with E-state index in [1.807, 2.05) is 12.1 Å². The number of nitrogens with one attached hydrogen (secondary N) is 2. The lowest BCUT2D eigenvalue weighted by molar-refractivity contribution is 0.0754. The maximum atomic E-state index is 12.4. The highest BCUT2D eigenvalue weighted by Gasteiger charge is 2.22. The fourth-order valence-corrected chi connectivity index (χ4v) is 3.13. The molecule has 3 heterocycles. The molecule has 0 unspecified atom stereocenters. The van der Waals surface area contributed by atoms with Gasteiger partial charge < -0.3 is 15.5 Å². The molecule has 2 aliphatic rings. The van der Waals surface area contributed by atoms with E-state index >= 15 is 0 Å². The SMILES string of the molecule is CN(CC1CNC1)C(=O)c1cnc(-c2ccc3c(c2)CNC3=O)nc1. The third kappa shape index (κ3) is 2.98. The maximum Gasteiger partial charge on any atom is 0.256 e. The smallest absolute Gasteiger partial charge is 0.256 e. The van der Waals surface area contributed by atoms with Crippen LogP contribution in [-0.2, 0) is 6.54 Å². The van der Waals surface area contributed by atoms with Crippen LogP contribution in [0, 0.1) is 5.92 Å². The van der Waals surface area contributed by atoms with Crippen LogP contribution in [-0.4, -0.2) is 53.4 Å². The van der Waals surface area contributed by atoms with E-state index in [1.165, 1.54) is 0 Å². The molecule has 7 heteroatoms. The van der Waals surface area contributed by atoms with Crippen LogP contribution < -0.4 is 10.6 Å². The summed E-state index contributed by atoms with van der Waals surface area (Å²) in [5, 5.41) is 5.99. The fraction of sp³-hybridized carbons (Fsp3) is 0.333. The molecule has 2 amide bonds. The Balaban J connectivity index is 1.50. The predicted molar refractivity (Wildman–Crippen MR) is 92.0 cm³/mol. The van der Waals surface area contributed by atoms with E-state index in [0.29, 0.717) is 29.4 Å². The lowest BCUT2D eigenvalue weighted by atomic mass is 10.0. The summed E-state index contributed by atoms with van der Waals surface area (Å²) in [6, 6.07) is 5.53. The van der Waals surface area contributed by atoms with Gasteiger partial charge in [0.1, 0.15) is 0 Å². The molecule has 0 atom stereocenters. The molecule has 25 heavy (non-hydrogen) atoms. The van der Waals surface area contributed by atoms with E-state index in [2.05, 4.69) is 20.6 Å². The number of hydrogen-bond donors (Lipinski definition) is 2. The van der Waals surface area contributed by atoms with E-state index in [9.17, 15) is 9.59 Å². The van der Waals surface area contributed by atoms with Crippen LogP contribution in [0.1, 0.15) is 26.3 Å². The number of carbonyl (C=O) groups is 2. The zero-order valence-corrected chi connectivity index (χ0v) is 14.0. The molecule has 1 saturated heterocycles. The highest BCUT2D eigenvalue weighted by molar-refractivity contribution is 5.98. The molecule has 2 N–H and O–H groups in total. The number of rotatable bonds is 4. The van der Waals surface area contributed by atoms with E-state index in [4.69, 9.17) is 0 Å². The number of aromatic nitrogens is 2. The second kappa shape index (κ2) is 6.25. The first-order chi connectivity index (χ1) is 12.1. The monoisotopic (exact) mass is 337 g/mol. The quantitative estimate of drug-likeness (QED) is 0.857. The first-order valence-corrected chi connectivity index (χ1v) is 8.31. The second-order valence-corrected chi connectivity index (χ2v) is 6.56. The molecular weight excluding hydrogens is 318 g/mol. The van der Waals surface area contributed by atoms with Gasteiger partial charge in [0.2, 0.25) is 0 Å². The van der Waals surface area contributed by atoms with Crippen LogP contribution in [0.5, 0.6) is 0 Å². The average Bonchev–Trinajstić information content (AvgIpc) is 2.98. The Morgan fingerprint density at radius 2 is 2.04 bits per heavy atom. The molecule has 1 fully saturated rings. The summed E-state index contributed by atoms with van der Waals surface area (Å²) in [6.07, 6.45) is 3.13. The van der Waals surface area contributed by atoms with E-state index in [0.717, 1.165) is 30.8 Å². The van der Waals surface area contributed by atoms with Crippen LogP contribution in [0.4, 0.5) is 0 Å². The Labute approximate surface area is 145 Å². The first-order valence-electron chi connectivity index (χ1n) is 8.31. The summed E-state index contributed by atoms with van der Waals surface area (Å²) in [5.41, 5.74) is 2.96. The van der Waals surface area contributed by atoms with E-state index in [-0.39, 0.29) is 11.8 Å². The van der Waals surface area contributed by atoms with Gasteiger partial charge in [-0.3, -0.25) is 9.59 Å². The minimum atomic E-state index is -0.0674. The maximum absolute atomic E-state index is 12.4. The molecule has 7 nitrogen and oxygen atoms in total. The molecular formula is C18H19N5O2. The molecule has 1 aromatic heterocycles. The summed E-state index contributed by atoms with van der Waals surface area (Å²) >= 11 is 0. The minimum Gasteiger partial charge on any atom is -0.348 e. The van der Waals surface area contributed by atoms with Gasteiger partial charge in [0.05, 0.1) is 5.56 Å². The molecule has 2 aromatic rings. The average molecular weight is 337 g/mol. The van der Waals surface area contributed by atoms with Crippen LogP contribution in [0.2, 0.25) is 0 Å². The lowest BCUT2D eigenvalue weighted by Crippen LogP contribution is -2.48. The van der Waals surface area contributed by atoms with Gasteiger partial charge in [0, 0.05) is 62.7 Å². The Kier molecular flexibility index (Phi) is 3.93. The van der Waals surface area contributed by atoms with Gasteiger partial charge in [-0.25, -0.2) is 9.97 Å². The van der Waals surface area contributed by atoms with Crippen molar-refractivity contribution in [1.29, 1.82) is 0 Å². The largest absolute Gasteiger partial charge is 0.348 e. The van der Waals surface area contributed by atoms with E-state index < -0.39 is 0 Å². The van der Waals surface area contributed by atoms with Crippen molar-refractivity contribution in [1.82, 2.24) is 25.5 Å². The number of benzene rings is 1. The van der Waals surface area contributed by atoms with Gasteiger partial charge in [-0.2, -0.15) is 0 Å². The van der Waals surface area contributed by atoms with Crippen molar-refractivity contribution in [2.45, 2.75) is 6.54 Å². The van der Waals surface area contributed by atoms with Gasteiger partial charge in [-0.05, 0) is 17.7 Å². The molecule has 0 bridgehead atoms. The van der Waals surface area contributed by atoms with Crippen LogP contribution in [0.25, 0.3) is 11.4 Å². The first kappa shape index (κ1) is 15.7. The number of fused-ring (bicyclic) bond motifs is 1. The molecule has 0 spiro atoms. The van der Waals surface area contributed by atoms with Crippen molar-refractivity contribution >= 4 is 11.8 Å². The van der Waals surface area contributed by atoms with Crippen molar-refractivity contribution in [2.75, 3.05) is 26.7 Å². The molecule has 0 aliphatic carbocycles. The summed E-state index contributed by atoms with van der Waals surface area (Å²) < 4.78 is 0. The van der Waals surface area contributed by atoms with Gasteiger partial charge in [0.25, 0.3) is 11.8 Å². The molecule has 1 aromatic carbocycles. The Hall–Kier alpha value is -2.80. The van der Waals surface area contributed by atoms with Gasteiger partial charge in [-0.15, -0.1) is 0 Å². The normalized spacial score (nSPS) is 16.1. The summed E-state index contributed by atoms with van der Waals surface area (Å²) in [5.74, 6) is 0.955. The van der Waals surface area contributed by atoms with Crippen molar-refractivity contribution in [2.24, 2.45) is 5.92 Å². The number of nitrogens with zero attached hydrogens (tertiary/aromatic N) is 3. The van der Waals surface area contributed by atoms with Crippen LogP contribution in [0.15, 0.2) is 30.6 Å². The number of carbonyl (C=O) groups excluding carboxylic acids is 2. The third-order valence-corrected chi connectivity index (χ3v) is 4.69. The Bertz CT molecular complexity index is 830. The number of hydrogen-bond acceptors (Lipinski definition) is 5. The van der Waals surface area contributed by atoms with Crippen molar-refractivity contribution < 1.29 is 9.59 Å². The molecule has 0 saturated carbocycles. The summed E-state index contributed by atoms with van der Waals surface area (Å²) in [6.45, 7) is 3.18. The Morgan fingerprint density at radius 3 is 2.72 bits per heavy atom. The van der Waals surface area contributed by atoms with Gasteiger partial charge in [0.15, 0.2) is 5.82 Å². The second-order valence-electron chi connectivity index (χ2n) is 6.56. The minimum absolute atomic E-state index is 0.0480.